The zero-order chi connectivity index (χ0) is 25.7. The minimum absolute atomic E-state index is 0.0973. The molecule has 1 N–H and O–H groups in total. The molecule has 1 aliphatic rings. The first-order chi connectivity index (χ1) is 17.3. The number of aromatic nitrogens is 3. The van der Waals surface area contributed by atoms with Gasteiger partial charge in [0.1, 0.15) is 0 Å². The Morgan fingerprint density at radius 2 is 1.75 bits per heavy atom. The number of pyridine rings is 1. The molecule has 0 saturated carbocycles. The Hall–Kier alpha value is -3.83. The first-order valence-electron chi connectivity index (χ1n) is 11.5. The van der Waals surface area contributed by atoms with Crippen molar-refractivity contribution >= 4 is 27.6 Å². The van der Waals surface area contributed by atoms with Gasteiger partial charge < -0.3 is 15.1 Å². The molecule has 0 atom stereocenters. The Balaban J connectivity index is 1.40. The maximum absolute atomic E-state index is 13.1. The molecule has 0 aliphatic carbocycles. The van der Waals surface area contributed by atoms with Crippen LogP contribution in [0.1, 0.15) is 16.1 Å². The Morgan fingerprint density at radius 3 is 2.36 bits per heavy atom. The molecule has 0 bridgehead atoms. The molecule has 0 spiro atoms. The summed E-state index contributed by atoms with van der Waals surface area (Å²) in [7, 11) is -0.0132. The van der Waals surface area contributed by atoms with Crippen LogP contribution in [0, 0.1) is 0 Å². The Bertz CT molecular complexity index is 1410. The topological polar surface area (TPSA) is 113 Å². The highest BCUT2D eigenvalue weighted by Crippen LogP contribution is 2.24. The summed E-state index contributed by atoms with van der Waals surface area (Å²) in [5, 5.41) is 2.76. The molecule has 0 unspecified atom stereocenters. The second-order valence-corrected chi connectivity index (χ2v) is 10.4. The maximum atomic E-state index is 13.1. The molecule has 11 heteroatoms. The number of anilines is 1. The van der Waals surface area contributed by atoms with E-state index < -0.39 is 9.84 Å². The third-order valence-electron chi connectivity index (χ3n) is 6.04. The average molecular weight is 508 g/mol. The maximum Gasteiger partial charge on any atom is 0.254 e. The number of hydrogen-bond donors (Lipinski definition) is 1. The summed E-state index contributed by atoms with van der Waals surface area (Å²) in [5.74, 6) is -0.348. The summed E-state index contributed by atoms with van der Waals surface area (Å²) in [6.07, 6.45) is 5.83. The fourth-order valence-corrected chi connectivity index (χ4v) is 5.05. The van der Waals surface area contributed by atoms with Crippen LogP contribution in [0.4, 0.5) is 5.69 Å². The van der Waals surface area contributed by atoms with Crippen molar-refractivity contribution < 1.29 is 13.2 Å². The number of piperazine rings is 1. The largest absolute Gasteiger partial charge is 0.369 e. The van der Waals surface area contributed by atoms with Crippen LogP contribution in [0.5, 0.6) is 0 Å². The van der Waals surface area contributed by atoms with Crippen LogP contribution >= 0.6 is 0 Å². The van der Waals surface area contributed by atoms with Gasteiger partial charge in [-0.3, -0.25) is 19.3 Å². The predicted octanol–water partition coefficient (Wildman–Crippen LogP) is 1.42. The number of benzene rings is 1. The van der Waals surface area contributed by atoms with Gasteiger partial charge in [-0.1, -0.05) is 6.58 Å². The van der Waals surface area contributed by atoms with Crippen molar-refractivity contribution in [3.63, 3.8) is 0 Å². The van der Waals surface area contributed by atoms with Crippen molar-refractivity contribution in [3.8, 4) is 0 Å². The van der Waals surface area contributed by atoms with Gasteiger partial charge in [-0.25, -0.2) is 13.4 Å². The zero-order valence-electron chi connectivity index (χ0n) is 20.3. The lowest BCUT2D eigenvalue weighted by molar-refractivity contribution is 0.0949. The second-order valence-electron chi connectivity index (χ2n) is 8.41. The second kappa shape index (κ2) is 10.8. The number of likely N-dealkylation sites (N-methyl/N-ethyl adjacent to an activating group) is 1. The van der Waals surface area contributed by atoms with Crippen molar-refractivity contribution in [2.45, 2.75) is 16.3 Å². The number of carbonyl (C=O) groups is 1. The van der Waals surface area contributed by atoms with Crippen molar-refractivity contribution in [3.05, 3.63) is 78.4 Å². The molecule has 36 heavy (non-hydrogen) atoms. The first-order valence-corrected chi connectivity index (χ1v) is 13.0. The highest BCUT2D eigenvalue weighted by Gasteiger charge is 2.20. The van der Waals surface area contributed by atoms with Crippen LogP contribution in [-0.2, 0) is 16.4 Å². The van der Waals surface area contributed by atoms with Gasteiger partial charge in [0.25, 0.3) is 5.91 Å². The van der Waals surface area contributed by atoms with E-state index in [2.05, 4.69) is 43.7 Å². The Morgan fingerprint density at radius 1 is 1.06 bits per heavy atom. The molecule has 1 aliphatic heterocycles. The lowest BCUT2D eigenvalue weighted by atomic mass is 10.2. The number of nitrogens with one attached hydrogen (secondary N) is 1. The molecule has 0 radical (unpaired) electrons. The van der Waals surface area contributed by atoms with E-state index in [9.17, 15) is 13.2 Å². The molecule has 2 aromatic heterocycles. The monoisotopic (exact) mass is 507 g/mol. The van der Waals surface area contributed by atoms with Crippen LogP contribution in [0.2, 0.25) is 0 Å². The number of rotatable bonds is 7. The summed E-state index contributed by atoms with van der Waals surface area (Å²) in [4.78, 5) is 29.7. The molecule has 4 rings (SSSR count). The highest BCUT2D eigenvalue weighted by atomic mass is 32.2. The van der Waals surface area contributed by atoms with Crippen molar-refractivity contribution in [1.29, 1.82) is 0 Å². The highest BCUT2D eigenvalue weighted by molar-refractivity contribution is 7.91. The minimum Gasteiger partial charge on any atom is -0.369 e. The summed E-state index contributed by atoms with van der Waals surface area (Å²) in [5.41, 5.74) is 2.30. The van der Waals surface area contributed by atoms with E-state index in [0.29, 0.717) is 16.9 Å². The van der Waals surface area contributed by atoms with Crippen LogP contribution < -0.4 is 15.8 Å². The van der Waals surface area contributed by atoms with E-state index >= 15 is 0 Å². The lowest BCUT2D eigenvalue weighted by Gasteiger charge is -2.34. The Labute approximate surface area is 210 Å². The normalized spacial score (nSPS) is 15.1. The number of carbonyl (C=O) groups excluding carboxylic acids is 1. The SMILES string of the molecule is C=Cn1cc(C(=O)NCc2ccc(S(=O)(=O)c3ccc(N4CCN(C)CC4)cc3)cn2)cnc1=NC. The van der Waals surface area contributed by atoms with Gasteiger partial charge in [0, 0.05) is 63.7 Å². The van der Waals surface area contributed by atoms with Gasteiger partial charge in [0.2, 0.25) is 15.5 Å². The standard InChI is InChI=1S/C25H29N7O3S/c1-4-31-18-19(15-29-25(31)26-2)24(33)28-16-20-5-8-23(17-27-20)36(34,35)22-9-6-21(7-10-22)32-13-11-30(3)12-14-32/h4-10,15,17-18H,1,11-14,16H2,2-3H3,(H,28,33). The third-order valence-corrected chi connectivity index (χ3v) is 7.80. The molecule has 1 fully saturated rings. The van der Waals surface area contributed by atoms with Gasteiger partial charge in [-0.2, -0.15) is 0 Å². The molecule has 1 amide bonds. The quantitative estimate of drug-likeness (QED) is 0.515. The third kappa shape index (κ3) is 5.52. The number of nitrogens with zero attached hydrogens (tertiary/aromatic N) is 6. The number of sulfone groups is 1. The van der Waals surface area contributed by atoms with Gasteiger partial charge in [0.05, 0.1) is 27.6 Å². The minimum atomic E-state index is -3.71. The smallest absolute Gasteiger partial charge is 0.254 e. The predicted molar refractivity (Wildman–Crippen MR) is 137 cm³/mol. The summed E-state index contributed by atoms with van der Waals surface area (Å²) in [6, 6.07) is 10.1. The summed E-state index contributed by atoms with van der Waals surface area (Å²) in [6.45, 7) is 7.59. The molecular formula is C25H29N7O3S. The van der Waals surface area contributed by atoms with E-state index in [4.69, 9.17) is 0 Å². The van der Waals surface area contributed by atoms with Crippen molar-refractivity contribution in [1.82, 2.24) is 24.8 Å². The lowest BCUT2D eigenvalue weighted by Crippen LogP contribution is -2.44. The van der Waals surface area contributed by atoms with E-state index in [1.807, 2.05) is 12.1 Å². The summed E-state index contributed by atoms with van der Waals surface area (Å²) >= 11 is 0. The van der Waals surface area contributed by atoms with Crippen molar-refractivity contribution in [2.75, 3.05) is 45.2 Å². The molecule has 1 saturated heterocycles. The van der Waals surface area contributed by atoms with Crippen molar-refractivity contribution in [2.24, 2.45) is 4.99 Å². The van der Waals surface area contributed by atoms with E-state index in [-0.39, 0.29) is 22.2 Å². The molecular weight excluding hydrogens is 478 g/mol. The van der Waals surface area contributed by atoms with E-state index in [1.165, 1.54) is 24.7 Å². The molecule has 3 heterocycles. The van der Waals surface area contributed by atoms with Crippen LogP contribution in [-0.4, -0.2) is 74.0 Å². The fraction of sp³-hybridized carbons (Fsp3) is 0.280. The number of hydrogen-bond acceptors (Lipinski definition) is 8. The van der Waals surface area contributed by atoms with Gasteiger partial charge in [-0.05, 0) is 43.4 Å². The fourth-order valence-electron chi connectivity index (χ4n) is 3.84. The van der Waals surface area contributed by atoms with Gasteiger partial charge >= 0.3 is 0 Å². The van der Waals surface area contributed by atoms with E-state index in [1.54, 1.807) is 36.0 Å². The Kier molecular flexibility index (Phi) is 7.61. The van der Waals surface area contributed by atoms with Crippen LogP contribution in [0.3, 0.4) is 0 Å². The van der Waals surface area contributed by atoms with E-state index in [0.717, 1.165) is 31.9 Å². The van der Waals surface area contributed by atoms with Crippen LogP contribution in [0.15, 0.2) is 76.4 Å². The van der Waals surface area contributed by atoms with Gasteiger partial charge in [-0.15, -0.1) is 0 Å². The molecule has 1 aromatic carbocycles. The molecule has 10 nitrogen and oxygen atoms in total. The molecule has 3 aromatic rings. The first kappa shape index (κ1) is 25.3. The van der Waals surface area contributed by atoms with Crippen LogP contribution in [0.25, 0.3) is 6.20 Å². The average Bonchev–Trinajstić information content (AvgIpc) is 2.92. The summed E-state index contributed by atoms with van der Waals surface area (Å²) < 4.78 is 27.7. The number of amides is 1. The molecule has 188 valence electrons. The van der Waals surface area contributed by atoms with Gasteiger partial charge in [0.15, 0.2) is 0 Å². The zero-order valence-corrected chi connectivity index (χ0v) is 21.1.